The predicted octanol–water partition coefficient (Wildman–Crippen LogP) is 2.19. The van der Waals surface area contributed by atoms with E-state index in [0.717, 1.165) is 25.7 Å². The molecule has 6 heteroatoms. The number of carbonyl (C=O) groups is 2. The minimum atomic E-state index is -0.507. The summed E-state index contributed by atoms with van der Waals surface area (Å²) in [5.74, 6) is 4.89. The second-order valence-corrected chi connectivity index (χ2v) is 7.65. The molecule has 6 nitrogen and oxygen atoms in total. The van der Waals surface area contributed by atoms with Gasteiger partial charge in [-0.15, -0.1) is 12.8 Å². The zero-order valence-corrected chi connectivity index (χ0v) is 15.2. The molecule has 25 heavy (non-hydrogen) atoms. The summed E-state index contributed by atoms with van der Waals surface area (Å²) in [6.45, 7) is 5.96. The zero-order valence-electron chi connectivity index (χ0n) is 15.2. The van der Waals surface area contributed by atoms with Crippen LogP contribution in [0.1, 0.15) is 46.5 Å². The first-order valence-electron chi connectivity index (χ1n) is 8.69. The molecule has 0 aromatic rings. The predicted molar refractivity (Wildman–Crippen MR) is 95.7 cm³/mol. The van der Waals surface area contributed by atoms with Crippen molar-refractivity contribution in [3.05, 3.63) is 0 Å². The van der Waals surface area contributed by atoms with Crippen LogP contribution in [-0.2, 0) is 4.74 Å². The summed E-state index contributed by atoms with van der Waals surface area (Å²) in [6.07, 6.45) is 13.6. The second-order valence-electron chi connectivity index (χ2n) is 7.65. The Morgan fingerprint density at radius 3 is 2.12 bits per heavy atom. The molecule has 3 amide bonds. The summed E-state index contributed by atoms with van der Waals surface area (Å²) >= 11 is 0. The van der Waals surface area contributed by atoms with Crippen molar-refractivity contribution in [2.75, 3.05) is 13.1 Å². The Hall–Kier alpha value is -2.34. The summed E-state index contributed by atoms with van der Waals surface area (Å²) in [6, 6.07) is -0.0204. The van der Waals surface area contributed by atoms with Crippen molar-refractivity contribution in [2.45, 2.75) is 70.2 Å². The molecule has 2 aliphatic heterocycles. The fourth-order valence-corrected chi connectivity index (χ4v) is 3.59. The first-order valence-corrected chi connectivity index (χ1v) is 8.69. The largest absolute Gasteiger partial charge is 0.444 e. The van der Waals surface area contributed by atoms with Crippen molar-refractivity contribution in [1.82, 2.24) is 15.1 Å². The average Bonchev–Trinajstić information content (AvgIpc) is 2.77. The molecule has 2 unspecified atom stereocenters. The topological polar surface area (TPSA) is 61.9 Å². The molecule has 2 atom stereocenters. The number of carbonyl (C=O) groups excluding carboxylic acids is 2. The quantitative estimate of drug-likeness (QED) is 0.798. The molecule has 0 aromatic carbocycles. The summed E-state index contributed by atoms with van der Waals surface area (Å²) in [4.78, 5) is 28.1. The standard InChI is InChI=1S/C19H27N3O3/c1-6-10-21(11-7-2)17(23)20-14-12-15-8-9-16(13-14)22(15)18(24)25-19(3,4)5/h1-2,14-16H,8-13H2,3-5H3,(H,20,23). The molecule has 0 saturated carbocycles. The van der Waals surface area contributed by atoms with Crippen molar-refractivity contribution < 1.29 is 14.3 Å². The number of urea groups is 1. The van der Waals surface area contributed by atoms with Gasteiger partial charge in [-0.25, -0.2) is 9.59 Å². The molecule has 2 aliphatic rings. The molecule has 0 radical (unpaired) electrons. The van der Waals surface area contributed by atoms with Crippen LogP contribution in [-0.4, -0.2) is 58.7 Å². The maximum Gasteiger partial charge on any atom is 0.410 e. The van der Waals surface area contributed by atoms with Crippen LogP contribution in [0.15, 0.2) is 0 Å². The van der Waals surface area contributed by atoms with E-state index < -0.39 is 5.60 Å². The lowest BCUT2D eigenvalue weighted by molar-refractivity contribution is 0.00512. The number of piperidine rings is 1. The number of terminal acetylenes is 2. The van der Waals surface area contributed by atoms with Crippen LogP contribution in [0.2, 0.25) is 0 Å². The normalized spacial score (nSPS) is 24.8. The molecule has 2 saturated heterocycles. The van der Waals surface area contributed by atoms with Gasteiger partial charge in [0.15, 0.2) is 0 Å². The highest BCUT2D eigenvalue weighted by atomic mass is 16.6. The van der Waals surface area contributed by atoms with Crippen LogP contribution in [0, 0.1) is 24.7 Å². The highest BCUT2D eigenvalue weighted by Crippen LogP contribution is 2.36. The van der Waals surface area contributed by atoms with Gasteiger partial charge in [0.25, 0.3) is 0 Å². The third-order valence-corrected chi connectivity index (χ3v) is 4.52. The van der Waals surface area contributed by atoms with Crippen LogP contribution >= 0.6 is 0 Å². The Kier molecular flexibility index (Phi) is 5.85. The molecular formula is C19H27N3O3. The number of amides is 3. The molecule has 2 fully saturated rings. The van der Waals surface area contributed by atoms with Crippen LogP contribution < -0.4 is 5.32 Å². The first kappa shape index (κ1) is 19.0. The van der Waals surface area contributed by atoms with E-state index in [1.165, 1.54) is 4.90 Å². The molecule has 0 aliphatic carbocycles. The molecule has 1 N–H and O–H groups in total. The maximum absolute atomic E-state index is 12.4. The lowest BCUT2D eigenvalue weighted by Gasteiger charge is -2.40. The number of fused-ring (bicyclic) bond motifs is 2. The maximum atomic E-state index is 12.4. The van der Waals surface area contributed by atoms with E-state index >= 15 is 0 Å². The second kappa shape index (κ2) is 7.70. The van der Waals surface area contributed by atoms with Crippen LogP contribution in [0.25, 0.3) is 0 Å². The van der Waals surface area contributed by atoms with Crippen molar-refractivity contribution in [2.24, 2.45) is 0 Å². The monoisotopic (exact) mass is 345 g/mol. The smallest absolute Gasteiger partial charge is 0.410 e. The minimum Gasteiger partial charge on any atom is -0.444 e. The third-order valence-electron chi connectivity index (χ3n) is 4.52. The van der Waals surface area contributed by atoms with E-state index in [1.807, 2.05) is 25.7 Å². The van der Waals surface area contributed by atoms with Crippen molar-refractivity contribution in [1.29, 1.82) is 0 Å². The molecule has 136 valence electrons. The van der Waals surface area contributed by atoms with Crippen molar-refractivity contribution in [3.8, 4) is 24.7 Å². The van der Waals surface area contributed by atoms with Gasteiger partial charge in [0.2, 0.25) is 0 Å². The highest BCUT2D eigenvalue weighted by Gasteiger charge is 2.45. The number of hydrogen-bond donors (Lipinski definition) is 1. The minimum absolute atomic E-state index is 0.0155. The molecule has 2 bridgehead atoms. The van der Waals surface area contributed by atoms with Gasteiger partial charge in [-0.2, -0.15) is 0 Å². The Morgan fingerprint density at radius 2 is 1.68 bits per heavy atom. The fourth-order valence-electron chi connectivity index (χ4n) is 3.59. The summed E-state index contributed by atoms with van der Waals surface area (Å²) < 4.78 is 5.52. The van der Waals surface area contributed by atoms with Crippen LogP contribution in [0.5, 0.6) is 0 Å². The molecule has 0 aromatic heterocycles. The van der Waals surface area contributed by atoms with E-state index in [9.17, 15) is 9.59 Å². The Balaban J connectivity index is 1.95. The van der Waals surface area contributed by atoms with Gasteiger partial charge in [0.1, 0.15) is 5.60 Å². The molecular weight excluding hydrogens is 318 g/mol. The van der Waals surface area contributed by atoms with Crippen molar-refractivity contribution >= 4 is 12.1 Å². The summed E-state index contributed by atoms with van der Waals surface area (Å²) in [7, 11) is 0. The fraction of sp³-hybridized carbons (Fsp3) is 0.684. The molecule has 0 spiro atoms. The highest BCUT2D eigenvalue weighted by molar-refractivity contribution is 5.75. The number of nitrogens with one attached hydrogen (secondary N) is 1. The van der Waals surface area contributed by atoms with E-state index in [0.29, 0.717) is 0 Å². The number of nitrogens with zero attached hydrogens (tertiary/aromatic N) is 2. The van der Waals surface area contributed by atoms with Crippen molar-refractivity contribution in [3.63, 3.8) is 0 Å². The Labute approximate surface area is 150 Å². The van der Waals surface area contributed by atoms with Gasteiger partial charge in [-0.3, -0.25) is 0 Å². The van der Waals surface area contributed by atoms with E-state index in [-0.39, 0.29) is 43.3 Å². The van der Waals surface area contributed by atoms with Gasteiger partial charge in [0.05, 0.1) is 13.1 Å². The number of ether oxygens (including phenoxy) is 1. The number of rotatable bonds is 3. The first-order chi connectivity index (χ1) is 11.7. The van der Waals surface area contributed by atoms with Gasteiger partial charge >= 0.3 is 12.1 Å². The van der Waals surface area contributed by atoms with Gasteiger partial charge in [-0.05, 0) is 46.5 Å². The van der Waals surface area contributed by atoms with Gasteiger partial charge < -0.3 is 19.9 Å². The molecule has 2 heterocycles. The van der Waals surface area contributed by atoms with Gasteiger partial charge in [0, 0.05) is 18.1 Å². The van der Waals surface area contributed by atoms with E-state index in [4.69, 9.17) is 17.6 Å². The molecule has 2 rings (SSSR count). The van der Waals surface area contributed by atoms with Crippen LogP contribution in [0.3, 0.4) is 0 Å². The van der Waals surface area contributed by atoms with E-state index in [1.54, 1.807) is 0 Å². The Bertz CT molecular complexity index is 567. The Morgan fingerprint density at radius 1 is 1.16 bits per heavy atom. The van der Waals surface area contributed by atoms with Gasteiger partial charge in [-0.1, -0.05) is 11.8 Å². The summed E-state index contributed by atoms with van der Waals surface area (Å²) in [5, 5.41) is 3.01. The van der Waals surface area contributed by atoms with Crippen LogP contribution in [0.4, 0.5) is 9.59 Å². The zero-order chi connectivity index (χ0) is 18.6. The third kappa shape index (κ3) is 4.82. The van der Waals surface area contributed by atoms with E-state index in [2.05, 4.69) is 17.2 Å². The lowest BCUT2D eigenvalue weighted by atomic mass is 9.98. The summed E-state index contributed by atoms with van der Waals surface area (Å²) in [5.41, 5.74) is -0.507. The lowest BCUT2D eigenvalue weighted by Crippen LogP contribution is -2.55. The number of hydrogen-bond acceptors (Lipinski definition) is 3. The average molecular weight is 345 g/mol. The SMILES string of the molecule is C#CCN(CC#C)C(=O)NC1CC2CCC(C1)N2C(=O)OC(C)(C)C.